The van der Waals surface area contributed by atoms with E-state index in [4.69, 9.17) is 13.9 Å². The number of carbonyl (C=O) groups excluding carboxylic acids is 3. The molecule has 0 bridgehead atoms. The molecule has 4 aromatic rings. The Hall–Kier alpha value is -4.80. The van der Waals surface area contributed by atoms with Crippen molar-refractivity contribution in [2.45, 2.75) is 0 Å². The van der Waals surface area contributed by atoms with E-state index in [-0.39, 0.29) is 33.6 Å². The molecule has 0 radical (unpaired) electrons. The van der Waals surface area contributed by atoms with Gasteiger partial charge in [-0.1, -0.05) is 0 Å². The van der Waals surface area contributed by atoms with E-state index in [1.165, 1.54) is 35.2 Å². The van der Waals surface area contributed by atoms with Gasteiger partial charge in [-0.15, -0.1) is 0 Å². The van der Waals surface area contributed by atoms with Crippen LogP contribution in [0.1, 0.15) is 36.8 Å². The summed E-state index contributed by atoms with van der Waals surface area (Å²) in [6.45, 7) is 0. The molecule has 0 N–H and O–H groups in total. The molecule has 0 fully saturated rings. The van der Waals surface area contributed by atoms with Gasteiger partial charge in [0.15, 0.2) is 5.76 Å². The van der Waals surface area contributed by atoms with Crippen LogP contribution in [0.5, 0.6) is 0 Å². The second-order valence-electron chi connectivity index (χ2n) is 6.72. The molecule has 0 unspecified atom stereocenters. The van der Waals surface area contributed by atoms with Crippen molar-refractivity contribution in [3.8, 4) is 11.5 Å². The molecule has 1 aromatic carbocycles. The average molecular weight is 449 g/mol. The predicted octanol–water partition coefficient (Wildman–Crippen LogP) is 3.31. The molecule has 0 spiro atoms. The SMILES string of the molecule is COC(=O)c1c(C(=O)OC)c2cc(-c3ccco3)ncn2c1C(=O)c1ccc([N+](=O)[O-])cc1. The van der Waals surface area contributed by atoms with Crippen LogP contribution in [0.15, 0.2) is 59.5 Å². The molecule has 0 saturated heterocycles. The summed E-state index contributed by atoms with van der Waals surface area (Å²) in [6.07, 6.45) is 2.72. The minimum absolute atomic E-state index is 0.0525. The van der Waals surface area contributed by atoms with Gasteiger partial charge in [-0.05, 0) is 30.3 Å². The molecule has 3 heterocycles. The summed E-state index contributed by atoms with van der Waals surface area (Å²) < 4.78 is 16.3. The number of rotatable bonds is 6. The number of hydrogen-bond acceptors (Lipinski definition) is 9. The first-order valence-corrected chi connectivity index (χ1v) is 9.41. The van der Waals surface area contributed by atoms with Gasteiger partial charge in [0.25, 0.3) is 5.69 Å². The summed E-state index contributed by atoms with van der Waals surface area (Å²) in [7, 11) is 2.25. The topological polar surface area (TPSA) is 143 Å². The van der Waals surface area contributed by atoms with Crippen molar-refractivity contribution in [3.05, 3.63) is 87.6 Å². The van der Waals surface area contributed by atoms with E-state index < -0.39 is 22.6 Å². The Morgan fingerprint density at radius 2 is 1.70 bits per heavy atom. The van der Waals surface area contributed by atoms with Crippen LogP contribution >= 0.6 is 0 Å². The Bertz CT molecular complexity index is 1400. The number of fused-ring (bicyclic) bond motifs is 1. The number of nitro groups is 1. The number of carbonyl (C=O) groups is 3. The lowest BCUT2D eigenvalue weighted by atomic mass is 10.0. The van der Waals surface area contributed by atoms with Crippen LogP contribution in [-0.2, 0) is 9.47 Å². The van der Waals surface area contributed by atoms with E-state index in [9.17, 15) is 24.5 Å². The molecule has 0 amide bonds. The van der Waals surface area contributed by atoms with Crippen LogP contribution in [0.4, 0.5) is 5.69 Å². The average Bonchev–Trinajstić information content (AvgIpc) is 3.48. The summed E-state index contributed by atoms with van der Waals surface area (Å²) in [5, 5.41) is 10.9. The Kier molecular flexibility index (Phi) is 5.44. The number of nitrogens with zero attached hydrogens (tertiary/aromatic N) is 3. The number of methoxy groups -OCH3 is 2. The molecular formula is C22H15N3O8. The molecule has 0 atom stereocenters. The zero-order valence-corrected chi connectivity index (χ0v) is 17.3. The summed E-state index contributed by atoms with van der Waals surface area (Å²) >= 11 is 0. The quantitative estimate of drug-likeness (QED) is 0.187. The summed E-state index contributed by atoms with van der Waals surface area (Å²) in [5.74, 6) is -2.09. The Morgan fingerprint density at radius 3 is 2.27 bits per heavy atom. The van der Waals surface area contributed by atoms with Crippen molar-refractivity contribution >= 4 is 28.9 Å². The number of nitro benzene ring substituents is 1. The molecule has 3 aromatic heterocycles. The predicted molar refractivity (Wildman–Crippen MR) is 112 cm³/mol. The third-order valence-corrected chi connectivity index (χ3v) is 4.94. The van der Waals surface area contributed by atoms with Crippen molar-refractivity contribution in [2.24, 2.45) is 0 Å². The monoisotopic (exact) mass is 449 g/mol. The van der Waals surface area contributed by atoms with Gasteiger partial charge in [-0.3, -0.25) is 19.3 Å². The molecule has 11 nitrogen and oxygen atoms in total. The first kappa shape index (κ1) is 21.4. The van der Waals surface area contributed by atoms with Crippen molar-refractivity contribution in [3.63, 3.8) is 0 Å². The first-order chi connectivity index (χ1) is 15.9. The fraction of sp³-hybridized carbons (Fsp3) is 0.0909. The van der Waals surface area contributed by atoms with Gasteiger partial charge in [-0.2, -0.15) is 0 Å². The smallest absolute Gasteiger partial charge is 0.341 e. The number of ketones is 1. The Balaban J connectivity index is 2.01. The van der Waals surface area contributed by atoms with Crippen molar-refractivity contribution < 1.29 is 33.2 Å². The Morgan fingerprint density at radius 1 is 1.03 bits per heavy atom. The van der Waals surface area contributed by atoms with E-state index in [0.29, 0.717) is 11.5 Å². The maximum atomic E-state index is 13.4. The van der Waals surface area contributed by atoms with Gasteiger partial charge < -0.3 is 13.9 Å². The van der Waals surface area contributed by atoms with Gasteiger partial charge in [0.05, 0.1) is 30.9 Å². The Labute approximate surface area is 185 Å². The van der Waals surface area contributed by atoms with Crippen molar-refractivity contribution in [1.29, 1.82) is 0 Å². The number of furan rings is 1. The van der Waals surface area contributed by atoms with Crippen LogP contribution in [0.25, 0.3) is 17.0 Å². The normalized spacial score (nSPS) is 10.7. The largest absolute Gasteiger partial charge is 0.465 e. The molecule has 4 rings (SSSR count). The summed E-state index contributed by atoms with van der Waals surface area (Å²) in [5.41, 5.74) is -0.355. The number of benzene rings is 1. The fourth-order valence-corrected chi connectivity index (χ4v) is 3.42. The van der Waals surface area contributed by atoms with Crippen molar-refractivity contribution in [2.75, 3.05) is 14.2 Å². The van der Waals surface area contributed by atoms with Crippen LogP contribution in [0.2, 0.25) is 0 Å². The fourth-order valence-electron chi connectivity index (χ4n) is 3.42. The molecule has 0 aliphatic carbocycles. The number of non-ortho nitro benzene ring substituents is 1. The minimum Gasteiger partial charge on any atom is -0.465 e. The number of hydrogen-bond donors (Lipinski definition) is 0. The zero-order chi connectivity index (χ0) is 23.7. The second-order valence-corrected chi connectivity index (χ2v) is 6.72. The van der Waals surface area contributed by atoms with Crippen LogP contribution < -0.4 is 0 Å². The highest BCUT2D eigenvalue weighted by molar-refractivity contribution is 6.20. The maximum absolute atomic E-state index is 13.4. The summed E-state index contributed by atoms with van der Waals surface area (Å²) in [4.78, 5) is 53.4. The summed E-state index contributed by atoms with van der Waals surface area (Å²) in [6, 6.07) is 9.62. The highest BCUT2D eigenvalue weighted by Crippen LogP contribution is 2.30. The number of aromatic nitrogens is 2. The lowest BCUT2D eigenvalue weighted by Crippen LogP contribution is -2.15. The van der Waals surface area contributed by atoms with Crippen molar-refractivity contribution in [1.82, 2.24) is 9.38 Å². The molecule has 0 aliphatic rings. The van der Waals surface area contributed by atoms with E-state index >= 15 is 0 Å². The highest BCUT2D eigenvalue weighted by Gasteiger charge is 2.33. The van der Waals surface area contributed by atoms with Gasteiger partial charge >= 0.3 is 11.9 Å². The van der Waals surface area contributed by atoms with Crippen LogP contribution in [-0.4, -0.2) is 46.2 Å². The van der Waals surface area contributed by atoms with E-state index in [2.05, 4.69) is 4.98 Å². The first-order valence-electron chi connectivity index (χ1n) is 9.41. The van der Waals surface area contributed by atoms with E-state index in [0.717, 1.165) is 26.4 Å². The lowest BCUT2D eigenvalue weighted by Gasteiger charge is -2.06. The van der Waals surface area contributed by atoms with Crippen LogP contribution in [0, 0.1) is 10.1 Å². The van der Waals surface area contributed by atoms with Gasteiger partial charge in [-0.25, -0.2) is 14.6 Å². The number of esters is 2. The maximum Gasteiger partial charge on any atom is 0.341 e. The zero-order valence-electron chi connectivity index (χ0n) is 17.3. The number of ether oxygens (including phenoxy) is 2. The third kappa shape index (κ3) is 3.61. The molecule has 0 aliphatic heterocycles. The highest BCUT2D eigenvalue weighted by atomic mass is 16.6. The van der Waals surface area contributed by atoms with Crippen LogP contribution in [0.3, 0.4) is 0 Å². The molecule has 11 heteroatoms. The standard InChI is InChI=1S/C22H15N3O8/c1-31-21(27)17-15-10-14(16-4-3-9-33-16)23-11-24(15)19(18(17)22(28)32-2)20(26)12-5-7-13(8-6-12)25(29)30/h3-11H,1-2H3. The van der Waals surface area contributed by atoms with Gasteiger partial charge in [0.1, 0.15) is 28.8 Å². The lowest BCUT2D eigenvalue weighted by molar-refractivity contribution is -0.384. The van der Waals surface area contributed by atoms with E-state index in [1.54, 1.807) is 12.1 Å². The third-order valence-electron chi connectivity index (χ3n) is 4.94. The minimum atomic E-state index is -0.941. The second kappa shape index (κ2) is 8.38. The van der Waals surface area contributed by atoms with Gasteiger partial charge in [0.2, 0.25) is 5.78 Å². The molecule has 0 saturated carbocycles. The molecule has 166 valence electrons. The molecular weight excluding hydrogens is 434 g/mol. The molecule has 33 heavy (non-hydrogen) atoms. The van der Waals surface area contributed by atoms with E-state index in [1.807, 2.05) is 0 Å². The van der Waals surface area contributed by atoms with Gasteiger partial charge in [0, 0.05) is 17.7 Å².